The second kappa shape index (κ2) is 5.88. The van der Waals surface area contributed by atoms with Crippen molar-refractivity contribution in [3.8, 4) is 11.1 Å². The van der Waals surface area contributed by atoms with Crippen LogP contribution >= 0.6 is 0 Å². The van der Waals surface area contributed by atoms with Crippen molar-refractivity contribution in [2.24, 2.45) is 0 Å². The minimum Gasteiger partial charge on any atom is -0.357 e. The maximum Gasteiger partial charge on any atom is 0.128 e. The third kappa shape index (κ3) is 2.67. The molecule has 3 heterocycles. The highest BCUT2D eigenvalue weighted by molar-refractivity contribution is 5.68. The van der Waals surface area contributed by atoms with Crippen molar-refractivity contribution in [2.45, 2.75) is 46.6 Å². The number of rotatable bonds is 4. The second-order valence-corrected chi connectivity index (χ2v) is 5.87. The molecule has 0 spiro atoms. The van der Waals surface area contributed by atoms with Gasteiger partial charge in [0.1, 0.15) is 5.82 Å². The van der Waals surface area contributed by atoms with Crippen LogP contribution in [0.5, 0.6) is 0 Å². The molecule has 112 valence electrons. The van der Waals surface area contributed by atoms with E-state index < -0.39 is 0 Å². The Kier molecular flexibility index (Phi) is 3.95. The molecular formula is C17H24N4. The third-order valence-electron chi connectivity index (χ3n) is 4.28. The molecule has 1 aliphatic rings. The molecule has 0 atom stereocenters. The summed E-state index contributed by atoms with van der Waals surface area (Å²) in [5, 5.41) is 4.65. The fourth-order valence-electron chi connectivity index (χ4n) is 3.21. The molecule has 1 saturated heterocycles. The molecule has 2 aromatic heterocycles. The first-order valence-electron chi connectivity index (χ1n) is 7.96. The smallest absolute Gasteiger partial charge is 0.128 e. The van der Waals surface area contributed by atoms with Crippen molar-refractivity contribution in [1.82, 2.24) is 14.8 Å². The van der Waals surface area contributed by atoms with E-state index in [4.69, 9.17) is 0 Å². The summed E-state index contributed by atoms with van der Waals surface area (Å²) in [6.07, 6.45) is 5.67. The standard InChI is InChI=1S/C17H24N4/c1-4-9-21-14(3)17(13(2)19-21)15-7-8-16(18-12-15)20-10-5-6-11-20/h7-8,12H,4-6,9-11H2,1-3H3. The SMILES string of the molecule is CCCn1nc(C)c(-c2ccc(N3CCCC3)nc2)c1C. The van der Waals surface area contributed by atoms with Crippen LogP contribution in [0.4, 0.5) is 5.82 Å². The van der Waals surface area contributed by atoms with Gasteiger partial charge in [-0.25, -0.2) is 4.98 Å². The van der Waals surface area contributed by atoms with Crippen molar-refractivity contribution in [3.05, 3.63) is 29.7 Å². The zero-order valence-corrected chi connectivity index (χ0v) is 13.3. The molecule has 1 aliphatic heterocycles. The summed E-state index contributed by atoms with van der Waals surface area (Å²) in [6.45, 7) is 9.68. The highest BCUT2D eigenvalue weighted by atomic mass is 15.3. The molecule has 0 bridgehead atoms. The first-order valence-corrected chi connectivity index (χ1v) is 7.96. The lowest BCUT2D eigenvalue weighted by atomic mass is 10.1. The molecule has 0 aliphatic carbocycles. The van der Waals surface area contributed by atoms with Gasteiger partial charge in [0, 0.05) is 42.7 Å². The topological polar surface area (TPSA) is 34.0 Å². The van der Waals surface area contributed by atoms with Crippen LogP contribution in [0.2, 0.25) is 0 Å². The van der Waals surface area contributed by atoms with E-state index in [0.717, 1.165) is 37.6 Å². The van der Waals surface area contributed by atoms with Gasteiger partial charge in [-0.15, -0.1) is 0 Å². The lowest BCUT2D eigenvalue weighted by molar-refractivity contribution is 0.583. The number of pyridine rings is 1. The predicted octanol–water partition coefficient (Wildman–Crippen LogP) is 3.57. The predicted molar refractivity (Wildman–Crippen MR) is 86.7 cm³/mol. The van der Waals surface area contributed by atoms with Crippen LogP contribution in [0.1, 0.15) is 37.6 Å². The Morgan fingerprint density at radius 1 is 1.14 bits per heavy atom. The number of anilines is 1. The largest absolute Gasteiger partial charge is 0.357 e. The normalized spacial score (nSPS) is 14.9. The monoisotopic (exact) mass is 284 g/mol. The molecule has 0 N–H and O–H groups in total. The van der Waals surface area contributed by atoms with Gasteiger partial charge < -0.3 is 4.90 Å². The van der Waals surface area contributed by atoms with E-state index >= 15 is 0 Å². The van der Waals surface area contributed by atoms with Crippen LogP contribution in [0.25, 0.3) is 11.1 Å². The van der Waals surface area contributed by atoms with Crippen LogP contribution < -0.4 is 4.90 Å². The Morgan fingerprint density at radius 2 is 1.90 bits per heavy atom. The Balaban J connectivity index is 1.90. The number of hydrogen-bond donors (Lipinski definition) is 0. The summed E-state index contributed by atoms with van der Waals surface area (Å²) in [5.74, 6) is 1.10. The van der Waals surface area contributed by atoms with Gasteiger partial charge in [0.25, 0.3) is 0 Å². The summed E-state index contributed by atoms with van der Waals surface area (Å²) < 4.78 is 2.11. The van der Waals surface area contributed by atoms with E-state index in [1.165, 1.54) is 29.7 Å². The Labute approximate surface area is 126 Å². The van der Waals surface area contributed by atoms with E-state index in [1.54, 1.807) is 0 Å². The maximum absolute atomic E-state index is 4.66. The first kappa shape index (κ1) is 14.1. The Morgan fingerprint density at radius 3 is 2.52 bits per heavy atom. The van der Waals surface area contributed by atoms with Crippen LogP contribution in [0.15, 0.2) is 18.3 Å². The van der Waals surface area contributed by atoms with Crippen molar-refractivity contribution in [3.63, 3.8) is 0 Å². The Hall–Kier alpha value is -1.84. The molecule has 2 aromatic rings. The van der Waals surface area contributed by atoms with Crippen molar-refractivity contribution >= 4 is 5.82 Å². The summed E-state index contributed by atoms with van der Waals surface area (Å²) in [4.78, 5) is 7.03. The van der Waals surface area contributed by atoms with E-state index in [2.05, 4.69) is 52.6 Å². The average Bonchev–Trinajstić information content (AvgIpc) is 3.10. The van der Waals surface area contributed by atoms with E-state index in [1.807, 2.05) is 6.20 Å². The summed E-state index contributed by atoms with van der Waals surface area (Å²) in [6, 6.07) is 4.34. The molecular weight excluding hydrogens is 260 g/mol. The van der Waals surface area contributed by atoms with E-state index in [9.17, 15) is 0 Å². The van der Waals surface area contributed by atoms with Crippen LogP contribution in [0, 0.1) is 13.8 Å². The third-order valence-corrected chi connectivity index (χ3v) is 4.28. The maximum atomic E-state index is 4.66. The first-order chi connectivity index (χ1) is 10.2. The number of nitrogens with zero attached hydrogens (tertiary/aromatic N) is 4. The number of hydrogen-bond acceptors (Lipinski definition) is 3. The molecule has 0 amide bonds. The van der Waals surface area contributed by atoms with Crippen LogP contribution in [-0.2, 0) is 6.54 Å². The molecule has 0 radical (unpaired) electrons. The van der Waals surface area contributed by atoms with Gasteiger partial charge in [0.2, 0.25) is 0 Å². The van der Waals surface area contributed by atoms with Gasteiger partial charge in [0.15, 0.2) is 0 Å². The highest BCUT2D eigenvalue weighted by Gasteiger charge is 2.16. The van der Waals surface area contributed by atoms with Crippen molar-refractivity contribution in [2.75, 3.05) is 18.0 Å². The van der Waals surface area contributed by atoms with Gasteiger partial charge in [-0.05, 0) is 45.2 Å². The quantitative estimate of drug-likeness (QED) is 0.860. The molecule has 4 heteroatoms. The minimum absolute atomic E-state index is 0.978. The zero-order valence-electron chi connectivity index (χ0n) is 13.3. The zero-order chi connectivity index (χ0) is 14.8. The van der Waals surface area contributed by atoms with E-state index in [0.29, 0.717) is 0 Å². The molecule has 0 unspecified atom stereocenters. The molecule has 4 nitrogen and oxygen atoms in total. The van der Waals surface area contributed by atoms with Crippen LogP contribution in [0.3, 0.4) is 0 Å². The molecule has 0 saturated carbocycles. The van der Waals surface area contributed by atoms with Gasteiger partial charge >= 0.3 is 0 Å². The molecule has 21 heavy (non-hydrogen) atoms. The van der Waals surface area contributed by atoms with Gasteiger partial charge in [-0.1, -0.05) is 6.92 Å². The number of aryl methyl sites for hydroxylation is 2. The number of aromatic nitrogens is 3. The minimum atomic E-state index is 0.978. The van der Waals surface area contributed by atoms with E-state index in [-0.39, 0.29) is 0 Å². The summed E-state index contributed by atoms with van der Waals surface area (Å²) in [5.41, 5.74) is 4.75. The van der Waals surface area contributed by atoms with Gasteiger partial charge in [0.05, 0.1) is 5.69 Å². The van der Waals surface area contributed by atoms with Gasteiger partial charge in [-0.2, -0.15) is 5.10 Å². The lowest BCUT2D eigenvalue weighted by Crippen LogP contribution is -2.18. The Bertz CT molecular complexity index is 606. The lowest BCUT2D eigenvalue weighted by Gasteiger charge is -2.16. The molecule has 3 rings (SSSR count). The van der Waals surface area contributed by atoms with Crippen LogP contribution in [-0.4, -0.2) is 27.9 Å². The molecule has 1 fully saturated rings. The summed E-state index contributed by atoms with van der Waals surface area (Å²) >= 11 is 0. The fourth-order valence-corrected chi connectivity index (χ4v) is 3.21. The van der Waals surface area contributed by atoms with Crippen molar-refractivity contribution < 1.29 is 0 Å². The fraction of sp³-hybridized carbons (Fsp3) is 0.529. The average molecular weight is 284 g/mol. The van der Waals surface area contributed by atoms with Gasteiger partial charge in [-0.3, -0.25) is 4.68 Å². The second-order valence-electron chi connectivity index (χ2n) is 5.87. The van der Waals surface area contributed by atoms with Crippen molar-refractivity contribution in [1.29, 1.82) is 0 Å². The highest BCUT2D eigenvalue weighted by Crippen LogP contribution is 2.28. The molecule has 0 aromatic carbocycles. The summed E-state index contributed by atoms with van der Waals surface area (Å²) in [7, 11) is 0.